The largest absolute Gasteiger partial charge is 0.399 e. The summed E-state index contributed by atoms with van der Waals surface area (Å²) in [5.74, 6) is 0. The van der Waals surface area contributed by atoms with E-state index in [2.05, 4.69) is 11.1 Å². The lowest BCUT2D eigenvalue weighted by molar-refractivity contribution is 1.32. The van der Waals surface area contributed by atoms with Crippen LogP contribution in [0.1, 0.15) is 12.0 Å². The average Bonchev–Trinajstić information content (AvgIpc) is 2.56. The lowest BCUT2D eigenvalue weighted by atomic mass is 9.96. The van der Waals surface area contributed by atoms with Gasteiger partial charge in [-0.15, -0.1) is 0 Å². The Morgan fingerprint density at radius 1 is 1.21 bits per heavy atom. The first-order chi connectivity index (χ1) is 6.84. The molecule has 2 nitrogen and oxygen atoms in total. The molecule has 1 aromatic carbocycles. The van der Waals surface area contributed by atoms with E-state index in [4.69, 9.17) is 5.73 Å². The number of nitrogens with zero attached hydrogens (tertiary/aromatic N) is 1. The van der Waals surface area contributed by atoms with Crippen LogP contribution in [0.15, 0.2) is 47.1 Å². The van der Waals surface area contributed by atoms with E-state index >= 15 is 0 Å². The number of aliphatic imine (C=N–C) groups is 1. The minimum Gasteiger partial charge on any atom is -0.399 e. The average molecular weight is 182 g/mol. The van der Waals surface area contributed by atoms with Gasteiger partial charge in [0.2, 0.25) is 0 Å². The van der Waals surface area contributed by atoms with Crippen molar-refractivity contribution in [3.8, 4) is 0 Å². The quantitative estimate of drug-likeness (QED) is 0.657. The van der Waals surface area contributed by atoms with Gasteiger partial charge in [-0.3, -0.25) is 4.99 Å². The first kappa shape index (κ1) is 7.56. The van der Waals surface area contributed by atoms with E-state index in [0.29, 0.717) is 0 Å². The fourth-order valence-corrected chi connectivity index (χ4v) is 1.92. The fraction of sp³-hybridized carbons (Fsp3) is 0.0833. The summed E-state index contributed by atoms with van der Waals surface area (Å²) < 4.78 is 0. The van der Waals surface area contributed by atoms with Crippen molar-refractivity contribution in [2.75, 3.05) is 0 Å². The van der Waals surface area contributed by atoms with Gasteiger partial charge in [0.15, 0.2) is 0 Å². The smallest absolute Gasteiger partial charge is 0.0712 e. The van der Waals surface area contributed by atoms with Crippen molar-refractivity contribution in [2.45, 2.75) is 6.42 Å². The number of hydrogen-bond donors (Lipinski definition) is 1. The molecule has 2 aliphatic rings. The summed E-state index contributed by atoms with van der Waals surface area (Å²) in [6.45, 7) is 0. The van der Waals surface area contributed by atoms with Crippen LogP contribution in [-0.2, 0) is 0 Å². The molecule has 0 bridgehead atoms. The second kappa shape index (κ2) is 2.58. The van der Waals surface area contributed by atoms with Crippen LogP contribution in [-0.4, -0.2) is 5.71 Å². The highest BCUT2D eigenvalue weighted by Crippen LogP contribution is 2.37. The highest BCUT2D eigenvalue weighted by Gasteiger charge is 2.21. The molecule has 0 saturated carbocycles. The molecule has 0 unspecified atom stereocenters. The molecule has 0 amide bonds. The van der Waals surface area contributed by atoms with Crippen LogP contribution >= 0.6 is 0 Å². The molecule has 2 N–H and O–H groups in total. The normalized spacial score (nSPS) is 17.9. The third-order valence-electron chi connectivity index (χ3n) is 2.60. The Morgan fingerprint density at radius 2 is 2.07 bits per heavy atom. The molecule has 0 aromatic heterocycles. The molecule has 1 aliphatic carbocycles. The number of allylic oxidation sites excluding steroid dienone is 3. The summed E-state index contributed by atoms with van der Waals surface area (Å²) in [5, 5.41) is 0. The van der Waals surface area contributed by atoms with Gasteiger partial charge in [-0.25, -0.2) is 0 Å². The maximum Gasteiger partial charge on any atom is 0.0712 e. The molecular formula is C12H10N2. The van der Waals surface area contributed by atoms with Crippen molar-refractivity contribution < 1.29 is 0 Å². The molecule has 1 aliphatic heterocycles. The molecular weight excluding hydrogens is 172 g/mol. The summed E-state index contributed by atoms with van der Waals surface area (Å²) in [6, 6.07) is 8.18. The Bertz CT molecular complexity index is 493. The molecule has 0 fully saturated rings. The first-order valence-corrected chi connectivity index (χ1v) is 4.69. The SMILES string of the molecule is NC1=CCC2=Nc3ccccc3C2=C1. The number of fused-ring (bicyclic) bond motifs is 3. The van der Waals surface area contributed by atoms with Gasteiger partial charge in [-0.1, -0.05) is 24.3 Å². The number of hydrogen-bond acceptors (Lipinski definition) is 2. The van der Waals surface area contributed by atoms with Crippen LogP contribution < -0.4 is 5.73 Å². The highest BCUT2D eigenvalue weighted by molar-refractivity contribution is 6.30. The standard InChI is InChI=1S/C12H10N2/c13-8-5-6-12-10(7-8)9-3-1-2-4-11(9)14-12/h1-5,7H,6,13H2. The monoisotopic (exact) mass is 182 g/mol. The fourth-order valence-electron chi connectivity index (χ4n) is 1.92. The lowest BCUT2D eigenvalue weighted by Gasteiger charge is -2.08. The number of para-hydroxylation sites is 1. The van der Waals surface area contributed by atoms with Crippen LogP contribution in [0.2, 0.25) is 0 Å². The van der Waals surface area contributed by atoms with Crippen molar-refractivity contribution in [1.82, 2.24) is 0 Å². The summed E-state index contributed by atoms with van der Waals surface area (Å²) in [7, 11) is 0. The predicted octanol–water partition coefficient (Wildman–Crippen LogP) is 2.40. The van der Waals surface area contributed by atoms with E-state index < -0.39 is 0 Å². The minimum atomic E-state index is 0.843. The van der Waals surface area contributed by atoms with E-state index in [1.54, 1.807) is 0 Å². The van der Waals surface area contributed by atoms with Gasteiger partial charge in [0, 0.05) is 23.3 Å². The van der Waals surface area contributed by atoms with Crippen molar-refractivity contribution >= 4 is 17.0 Å². The van der Waals surface area contributed by atoms with E-state index in [1.807, 2.05) is 30.4 Å². The van der Waals surface area contributed by atoms with E-state index in [1.165, 1.54) is 11.1 Å². The topological polar surface area (TPSA) is 38.4 Å². The predicted molar refractivity (Wildman–Crippen MR) is 58.4 cm³/mol. The van der Waals surface area contributed by atoms with Crippen LogP contribution in [0, 0.1) is 0 Å². The summed E-state index contributed by atoms with van der Waals surface area (Å²) in [5.41, 5.74) is 11.2. The molecule has 0 spiro atoms. The van der Waals surface area contributed by atoms with Gasteiger partial charge >= 0.3 is 0 Å². The van der Waals surface area contributed by atoms with Crippen molar-refractivity contribution in [3.63, 3.8) is 0 Å². The van der Waals surface area contributed by atoms with Gasteiger partial charge in [0.1, 0.15) is 0 Å². The number of rotatable bonds is 0. The van der Waals surface area contributed by atoms with Crippen LogP contribution in [0.3, 0.4) is 0 Å². The second-order valence-electron chi connectivity index (χ2n) is 3.54. The zero-order valence-corrected chi connectivity index (χ0v) is 7.70. The van der Waals surface area contributed by atoms with Crippen molar-refractivity contribution in [3.05, 3.63) is 47.7 Å². The molecule has 0 atom stereocenters. The Morgan fingerprint density at radius 3 is 3.00 bits per heavy atom. The highest BCUT2D eigenvalue weighted by atomic mass is 14.8. The lowest BCUT2D eigenvalue weighted by Crippen LogP contribution is -2.06. The first-order valence-electron chi connectivity index (χ1n) is 4.69. The van der Waals surface area contributed by atoms with E-state index in [0.717, 1.165) is 23.5 Å². The Hall–Kier alpha value is -1.83. The maximum absolute atomic E-state index is 5.78. The van der Waals surface area contributed by atoms with Crippen molar-refractivity contribution in [1.29, 1.82) is 0 Å². The van der Waals surface area contributed by atoms with Crippen LogP contribution in [0.4, 0.5) is 5.69 Å². The Balaban J connectivity index is 2.23. The third-order valence-corrected chi connectivity index (χ3v) is 2.60. The minimum absolute atomic E-state index is 0.843. The van der Waals surface area contributed by atoms with Gasteiger partial charge in [0.05, 0.1) is 11.4 Å². The maximum atomic E-state index is 5.78. The summed E-state index contributed by atoms with van der Waals surface area (Å²) in [4.78, 5) is 4.56. The molecule has 1 aromatic rings. The Kier molecular flexibility index (Phi) is 1.39. The zero-order valence-electron chi connectivity index (χ0n) is 7.70. The number of nitrogens with two attached hydrogens (primary N) is 1. The molecule has 1 heterocycles. The van der Waals surface area contributed by atoms with Gasteiger partial charge in [-0.05, 0) is 12.1 Å². The number of benzene rings is 1. The molecule has 0 radical (unpaired) electrons. The van der Waals surface area contributed by atoms with Gasteiger partial charge in [-0.2, -0.15) is 0 Å². The van der Waals surface area contributed by atoms with E-state index in [-0.39, 0.29) is 0 Å². The molecule has 68 valence electrons. The van der Waals surface area contributed by atoms with E-state index in [9.17, 15) is 0 Å². The van der Waals surface area contributed by atoms with Crippen LogP contribution in [0.5, 0.6) is 0 Å². The van der Waals surface area contributed by atoms with Gasteiger partial charge in [0.25, 0.3) is 0 Å². The zero-order chi connectivity index (χ0) is 9.54. The van der Waals surface area contributed by atoms with Crippen LogP contribution in [0.25, 0.3) is 5.57 Å². The summed E-state index contributed by atoms with van der Waals surface area (Å²) >= 11 is 0. The van der Waals surface area contributed by atoms with Crippen molar-refractivity contribution in [2.24, 2.45) is 10.7 Å². The molecule has 2 heteroatoms. The van der Waals surface area contributed by atoms with Gasteiger partial charge < -0.3 is 5.73 Å². The molecule has 14 heavy (non-hydrogen) atoms. The third kappa shape index (κ3) is 0.940. The Labute approximate surface area is 82.5 Å². The molecule has 0 saturated heterocycles. The molecule has 3 rings (SSSR count). The second-order valence-corrected chi connectivity index (χ2v) is 3.54. The summed E-state index contributed by atoms with van der Waals surface area (Å²) in [6.07, 6.45) is 4.87.